The number of benzene rings is 1. The van der Waals surface area contributed by atoms with E-state index in [0.717, 1.165) is 4.70 Å². The van der Waals surface area contributed by atoms with Crippen molar-refractivity contribution in [2.24, 2.45) is 0 Å². The van der Waals surface area contributed by atoms with Crippen molar-refractivity contribution in [3.05, 3.63) is 59.0 Å². The van der Waals surface area contributed by atoms with Crippen molar-refractivity contribution in [1.29, 1.82) is 0 Å². The summed E-state index contributed by atoms with van der Waals surface area (Å²) in [5.41, 5.74) is -0.137. The van der Waals surface area contributed by atoms with Crippen molar-refractivity contribution in [1.82, 2.24) is 8.94 Å². The molecular weight excluding hydrogens is 274 g/mol. The minimum atomic E-state index is -0.266. The number of pyridine rings is 1. The van der Waals surface area contributed by atoms with Crippen LogP contribution in [0.3, 0.4) is 0 Å². The third kappa shape index (κ3) is 2.46. The second-order valence-electron chi connectivity index (χ2n) is 4.19. The van der Waals surface area contributed by atoms with Gasteiger partial charge in [-0.25, -0.2) is 4.98 Å². The van der Waals surface area contributed by atoms with E-state index in [1.165, 1.54) is 15.5 Å². The Kier molecular flexibility index (Phi) is 3.30. The molecule has 0 aliphatic heterocycles. The molecule has 0 saturated carbocycles. The normalized spacial score (nSPS) is 10.6. The summed E-state index contributed by atoms with van der Waals surface area (Å²) < 4.78 is 2.33. The summed E-state index contributed by atoms with van der Waals surface area (Å²) in [6, 6.07) is 12.6. The highest BCUT2D eigenvalue weighted by Crippen LogP contribution is 2.15. The number of hydrogen-bond acceptors (Lipinski definition) is 4. The molecule has 20 heavy (non-hydrogen) atoms. The molecule has 2 aromatic heterocycles. The molecule has 100 valence electrons. The van der Waals surface area contributed by atoms with Gasteiger partial charge in [-0.2, -0.15) is 0 Å². The van der Waals surface area contributed by atoms with E-state index >= 15 is 0 Å². The van der Waals surface area contributed by atoms with Crippen LogP contribution in [0.5, 0.6) is 0 Å². The summed E-state index contributed by atoms with van der Waals surface area (Å²) in [5.74, 6) is 0.212. The molecule has 0 fully saturated rings. The maximum Gasteiger partial charge on any atom is 0.268 e. The first-order valence-electron chi connectivity index (χ1n) is 6.04. The van der Waals surface area contributed by atoms with Gasteiger partial charge in [0.2, 0.25) is 5.91 Å². The highest BCUT2D eigenvalue weighted by molar-refractivity contribution is 7.13. The molecule has 0 spiro atoms. The van der Waals surface area contributed by atoms with Crippen LogP contribution < -0.4 is 10.9 Å². The number of aromatic nitrogens is 2. The number of fused-ring (bicyclic) bond motifs is 1. The van der Waals surface area contributed by atoms with Gasteiger partial charge in [-0.05, 0) is 24.3 Å². The molecule has 6 heteroatoms. The molecule has 0 radical (unpaired) electrons. The van der Waals surface area contributed by atoms with Crippen LogP contribution in [0.25, 0.3) is 10.1 Å². The van der Waals surface area contributed by atoms with Gasteiger partial charge in [-0.1, -0.05) is 29.7 Å². The number of hydrogen-bond donors (Lipinski definition) is 1. The average Bonchev–Trinajstić information content (AvgIpc) is 2.77. The van der Waals surface area contributed by atoms with Crippen LogP contribution in [0.15, 0.2) is 53.5 Å². The number of amides is 1. The topological polar surface area (TPSA) is 64.0 Å². The number of nitrogens with one attached hydrogen (secondary N) is 1. The fourth-order valence-corrected chi connectivity index (χ4v) is 2.86. The van der Waals surface area contributed by atoms with E-state index < -0.39 is 0 Å². The molecule has 3 rings (SSSR count). The summed E-state index contributed by atoms with van der Waals surface area (Å²) >= 11 is 1.29. The Morgan fingerprint density at radius 2 is 2.00 bits per heavy atom. The first-order valence-corrected chi connectivity index (χ1v) is 6.81. The largest absolute Gasteiger partial charge is 0.309 e. The van der Waals surface area contributed by atoms with Gasteiger partial charge >= 0.3 is 0 Å². The van der Waals surface area contributed by atoms with Gasteiger partial charge in [0.1, 0.15) is 12.4 Å². The van der Waals surface area contributed by atoms with Crippen molar-refractivity contribution in [3.63, 3.8) is 0 Å². The fourth-order valence-electron chi connectivity index (χ4n) is 1.87. The van der Waals surface area contributed by atoms with E-state index in [1.54, 1.807) is 30.5 Å². The Morgan fingerprint density at radius 3 is 2.75 bits per heavy atom. The lowest BCUT2D eigenvalue weighted by molar-refractivity contribution is -0.116. The molecule has 3 aromatic rings. The molecule has 0 saturated heterocycles. The van der Waals surface area contributed by atoms with E-state index in [9.17, 15) is 9.59 Å². The number of carbonyl (C=O) groups excluding carboxylic acids is 1. The minimum absolute atomic E-state index is 0.00520. The average molecular weight is 285 g/mol. The molecule has 0 aliphatic carbocycles. The summed E-state index contributed by atoms with van der Waals surface area (Å²) in [7, 11) is 0. The Labute approximate surface area is 118 Å². The number of nitrogens with zero attached hydrogens (tertiary/aromatic N) is 2. The van der Waals surface area contributed by atoms with Gasteiger partial charge in [0.05, 0.1) is 10.1 Å². The van der Waals surface area contributed by atoms with Crippen molar-refractivity contribution in [2.75, 3.05) is 5.32 Å². The maximum atomic E-state index is 12.1. The van der Waals surface area contributed by atoms with Gasteiger partial charge in [0.15, 0.2) is 0 Å². The molecule has 1 aromatic carbocycles. The van der Waals surface area contributed by atoms with Crippen molar-refractivity contribution >= 4 is 33.3 Å². The SMILES string of the molecule is O=C(Cn1sc2ccccc2c1=O)Nc1ccccn1. The number of carbonyl (C=O) groups is 1. The quantitative estimate of drug-likeness (QED) is 0.801. The van der Waals surface area contributed by atoms with E-state index in [-0.39, 0.29) is 18.0 Å². The zero-order valence-electron chi connectivity index (χ0n) is 10.4. The summed E-state index contributed by atoms with van der Waals surface area (Å²) in [5, 5.41) is 3.30. The standard InChI is InChI=1S/C14H11N3O2S/c18-13(16-12-7-3-4-8-15-12)9-17-14(19)10-5-1-2-6-11(10)20-17/h1-8H,9H2,(H,15,16,18). The second kappa shape index (κ2) is 5.26. The monoisotopic (exact) mass is 285 g/mol. The highest BCUT2D eigenvalue weighted by atomic mass is 32.1. The van der Waals surface area contributed by atoms with Gasteiger partial charge in [-0.15, -0.1) is 0 Å². The Bertz CT molecular complexity index is 808. The molecule has 1 N–H and O–H groups in total. The molecular formula is C14H11N3O2S. The maximum absolute atomic E-state index is 12.1. The van der Waals surface area contributed by atoms with Crippen LogP contribution in [0.1, 0.15) is 0 Å². The molecule has 2 heterocycles. The first-order chi connectivity index (χ1) is 9.74. The number of rotatable bonds is 3. The first kappa shape index (κ1) is 12.6. The van der Waals surface area contributed by atoms with E-state index in [1.807, 2.05) is 18.2 Å². The fraction of sp³-hybridized carbons (Fsp3) is 0.0714. The van der Waals surface area contributed by atoms with E-state index in [4.69, 9.17) is 0 Å². The predicted octanol–water partition coefficient (Wildman–Crippen LogP) is 2.10. The van der Waals surface area contributed by atoms with Crippen molar-refractivity contribution in [3.8, 4) is 0 Å². The third-order valence-corrected chi connectivity index (χ3v) is 3.84. The van der Waals surface area contributed by atoms with Crippen LogP contribution in [0, 0.1) is 0 Å². The predicted molar refractivity (Wildman–Crippen MR) is 79.0 cm³/mol. The lowest BCUT2D eigenvalue weighted by atomic mass is 10.3. The van der Waals surface area contributed by atoms with Crippen LogP contribution in [-0.2, 0) is 11.3 Å². The Morgan fingerprint density at radius 1 is 1.20 bits per heavy atom. The van der Waals surface area contributed by atoms with Gasteiger partial charge in [-0.3, -0.25) is 13.5 Å². The summed E-state index contributed by atoms with van der Waals surface area (Å²) in [6.45, 7) is -0.00520. The van der Waals surface area contributed by atoms with Gasteiger partial charge < -0.3 is 5.32 Å². The minimum Gasteiger partial charge on any atom is -0.309 e. The summed E-state index contributed by atoms with van der Waals surface area (Å²) in [4.78, 5) is 28.0. The summed E-state index contributed by atoms with van der Waals surface area (Å²) in [6.07, 6.45) is 1.60. The second-order valence-corrected chi connectivity index (χ2v) is 5.26. The van der Waals surface area contributed by atoms with Crippen molar-refractivity contribution in [2.45, 2.75) is 6.54 Å². The highest BCUT2D eigenvalue weighted by Gasteiger charge is 2.10. The smallest absolute Gasteiger partial charge is 0.268 e. The zero-order chi connectivity index (χ0) is 13.9. The van der Waals surface area contributed by atoms with Crippen LogP contribution in [-0.4, -0.2) is 14.8 Å². The number of anilines is 1. The molecule has 0 bridgehead atoms. The molecule has 0 aliphatic rings. The molecule has 0 unspecified atom stereocenters. The van der Waals surface area contributed by atoms with E-state index in [0.29, 0.717) is 11.2 Å². The van der Waals surface area contributed by atoms with Gasteiger partial charge in [0, 0.05) is 6.20 Å². The zero-order valence-corrected chi connectivity index (χ0v) is 11.3. The van der Waals surface area contributed by atoms with E-state index in [2.05, 4.69) is 10.3 Å². The van der Waals surface area contributed by atoms with Crippen LogP contribution in [0.2, 0.25) is 0 Å². The van der Waals surface area contributed by atoms with Crippen molar-refractivity contribution < 1.29 is 4.79 Å². The molecule has 5 nitrogen and oxygen atoms in total. The van der Waals surface area contributed by atoms with Gasteiger partial charge in [0.25, 0.3) is 5.56 Å². The lowest BCUT2D eigenvalue weighted by Gasteiger charge is -2.03. The van der Waals surface area contributed by atoms with Crippen LogP contribution >= 0.6 is 11.5 Å². The molecule has 1 amide bonds. The van der Waals surface area contributed by atoms with Crippen LogP contribution in [0.4, 0.5) is 5.82 Å². The Hall–Kier alpha value is -2.47. The Balaban J connectivity index is 1.81. The third-order valence-electron chi connectivity index (χ3n) is 2.77. The molecule has 0 atom stereocenters. The lowest BCUT2D eigenvalue weighted by Crippen LogP contribution is -2.24.